The van der Waals surface area contributed by atoms with Crippen molar-refractivity contribution in [2.24, 2.45) is 0 Å². The molecule has 0 saturated heterocycles. The van der Waals surface area contributed by atoms with Crippen molar-refractivity contribution in [3.8, 4) is 11.3 Å². The minimum atomic E-state index is -4.96. The number of aromatic nitrogens is 4. The Balaban J connectivity index is 1.58. The van der Waals surface area contributed by atoms with Crippen LogP contribution in [-0.4, -0.2) is 19.6 Å². The molecule has 1 saturated carbocycles. The molecule has 0 spiro atoms. The lowest BCUT2D eigenvalue weighted by Crippen LogP contribution is -2.13. The van der Waals surface area contributed by atoms with Crippen molar-refractivity contribution < 1.29 is 26.3 Å². The molecule has 0 amide bonds. The van der Waals surface area contributed by atoms with Crippen LogP contribution in [0.1, 0.15) is 67.5 Å². The van der Waals surface area contributed by atoms with Crippen molar-refractivity contribution >= 4 is 17.2 Å². The van der Waals surface area contributed by atoms with Gasteiger partial charge >= 0.3 is 12.4 Å². The number of alkyl halides is 6. The number of nitrogens with zero attached hydrogens (tertiary/aromatic N) is 4. The van der Waals surface area contributed by atoms with Crippen LogP contribution in [0.2, 0.25) is 0 Å². The molecule has 0 atom stereocenters. The van der Waals surface area contributed by atoms with E-state index >= 15 is 0 Å². The van der Waals surface area contributed by atoms with Gasteiger partial charge in [0.1, 0.15) is 11.3 Å². The molecule has 11 heteroatoms. The highest BCUT2D eigenvalue weighted by atomic mass is 19.4. The molecule has 1 N–H and O–H groups in total. The Bertz CT molecular complexity index is 1400. The highest BCUT2D eigenvalue weighted by molar-refractivity contribution is 5.77. The van der Waals surface area contributed by atoms with E-state index in [0.717, 1.165) is 44.1 Å². The molecule has 2 aromatic carbocycles. The molecule has 1 aliphatic rings. The number of aryl methyl sites for hydroxylation is 1. The maximum atomic E-state index is 13.3. The Kier molecular flexibility index (Phi) is 6.79. The van der Waals surface area contributed by atoms with Crippen LogP contribution in [0.5, 0.6) is 0 Å². The molecule has 2 aromatic heterocycles. The van der Waals surface area contributed by atoms with E-state index < -0.39 is 29.2 Å². The first-order valence-electron chi connectivity index (χ1n) is 12.4. The number of rotatable bonds is 5. The van der Waals surface area contributed by atoms with Gasteiger partial charge in [0.15, 0.2) is 0 Å². The molecule has 0 aliphatic heterocycles. The van der Waals surface area contributed by atoms with E-state index in [2.05, 4.69) is 22.3 Å². The van der Waals surface area contributed by atoms with Crippen LogP contribution in [0.4, 0.5) is 38.0 Å². The van der Waals surface area contributed by atoms with E-state index in [1.807, 2.05) is 24.3 Å². The van der Waals surface area contributed by atoms with Crippen LogP contribution in [0.3, 0.4) is 0 Å². The number of anilines is 2. The van der Waals surface area contributed by atoms with Gasteiger partial charge in [-0.1, -0.05) is 50.5 Å². The Labute approximate surface area is 214 Å². The van der Waals surface area contributed by atoms with Crippen molar-refractivity contribution in [2.45, 2.75) is 63.7 Å². The van der Waals surface area contributed by atoms with E-state index in [9.17, 15) is 26.3 Å². The second-order valence-corrected chi connectivity index (χ2v) is 9.50. The van der Waals surface area contributed by atoms with Crippen LogP contribution in [-0.2, 0) is 18.8 Å². The summed E-state index contributed by atoms with van der Waals surface area (Å²) in [4.78, 5) is 9.13. The highest BCUT2D eigenvalue weighted by Crippen LogP contribution is 2.39. The summed E-state index contributed by atoms with van der Waals surface area (Å²) in [5.41, 5.74) is 0.0869. The lowest BCUT2D eigenvalue weighted by atomic mass is 9.89. The van der Waals surface area contributed by atoms with Crippen LogP contribution >= 0.6 is 0 Å². The Morgan fingerprint density at radius 2 is 1.53 bits per heavy atom. The van der Waals surface area contributed by atoms with Crippen LogP contribution in [0.15, 0.2) is 48.7 Å². The lowest BCUT2D eigenvalue weighted by molar-refractivity contribution is -0.143. The molecule has 5 rings (SSSR count). The van der Waals surface area contributed by atoms with Gasteiger partial charge in [0, 0.05) is 17.2 Å². The van der Waals surface area contributed by atoms with Gasteiger partial charge in [-0.3, -0.25) is 0 Å². The third-order valence-corrected chi connectivity index (χ3v) is 6.87. The van der Waals surface area contributed by atoms with E-state index in [1.165, 1.54) is 11.8 Å². The molecule has 1 aliphatic carbocycles. The van der Waals surface area contributed by atoms with E-state index in [1.54, 1.807) is 4.52 Å². The molecule has 0 bridgehead atoms. The summed E-state index contributed by atoms with van der Waals surface area (Å²) in [5, 5.41) is 7.02. The smallest absolute Gasteiger partial charge is 0.323 e. The first-order chi connectivity index (χ1) is 18.0. The summed E-state index contributed by atoms with van der Waals surface area (Å²) < 4.78 is 81.5. The quantitative estimate of drug-likeness (QED) is 0.263. The standard InChI is InChI=1S/C27H25F6N5/c1-2-16-8-10-17(11-9-16)23-22-15-34-25(37-38(22)24(36-23)18-6-4-3-5-7-18)35-21-13-19(26(28,29)30)12-20(14-21)27(31,32)33/h8-15,18H,2-7H2,1H3,(H,35,37). The minimum absolute atomic E-state index is 0.0857. The second-order valence-electron chi connectivity index (χ2n) is 9.50. The van der Waals surface area contributed by atoms with Crippen molar-refractivity contribution in [1.82, 2.24) is 19.6 Å². The summed E-state index contributed by atoms with van der Waals surface area (Å²) in [6.07, 6.45) is -2.47. The fourth-order valence-corrected chi connectivity index (χ4v) is 4.86. The topological polar surface area (TPSA) is 55.1 Å². The number of hydrogen-bond donors (Lipinski definition) is 1. The van der Waals surface area contributed by atoms with Crippen molar-refractivity contribution in [1.29, 1.82) is 0 Å². The van der Waals surface area contributed by atoms with E-state index in [-0.39, 0.29) is 17.9 Å². The number of nitrogens with one attached hydrogen (secondary N) is 1. The maximum absolute atomic E-state index is 13.3. The highest BCUT2D eigenvalue weighted by Gasteiger charge is 2.37. The number of hydrogen-bond acceptors (Lipinski definition) is 4. The van der Waals surface area contributed by atoms with Crippen LogP contribution in [0, 0.1) is 0 Å². The van der Waals surface area contributed by atoms with Gasteiger partial charge in [0.25, 0.3) is 0 Å². The summed E-state index contributed by atoms with van der Waals surface area (Å²) in [5.74, 6) is 0.708. The molecule has 1 fully saturated rings. The number of imidazole rings is 1. The zero-order chi connectivity index (χ0) is 27.1. The molecule has 38 heavy (non-hydrogen) atoms. The van der Waals surface area contributed by atoms with Gasteiger partial charge in [-0.15, -0.1) is 5.10 Å². The molecular formula is C27H25F6N5. The lowest BCUT2D eigenvalue weighted by Gasteiger charge is -2.20. The zero-order valence-corrected chi connectivity index (χ0v) is 20.5. The first-order valence-corrected chi connectivity index (χ1v) is 12.4. The number of benzene rings is 2. The SMILES string of the molecule is CCc1ccc(-c2nc(C3CCCCC3)n3nc(Nc4cc(C(F)(F)F)cc(C(F)(F)F)c4)ncc23)cc1. The van der Waals surface area contributed by atoms with Crippen molar-refractivity contribution in [3.63, 3.8) is 0 Å². The summed E-state index contributed by atoms with van der Waals surface area (Å²) in [6.45, 7) is 2.06. The monoisotopic (exact) mass is 533 g/mol. The van der Waals surface area contributed by atoms with Crippen molar-refractivity contribution in [3.05, 3.63) is 71.2 Å². The number of fused-ring (bicyclic) bond motifs is 1. The fraction of sp³-hybridized carbons (Fsp3) is 0.370. The summed E-state index contributed by atoms with van der Waals surface area (Å²) in [6, 6.07) is 9.28. The Hall–Kier alpha value is -3.63. The molecule has 0 unspecified atom stereocenters. The second kappa shape index (κ2) is 9.92. The maximum Gasteiger partial charge on any atom is 0.416 e. The normalized spacial score (nSPS) is 15.2. The van der Waals surface area contributed by atoms with Gasteiger partial charge in [-0.05, 0) is 43.0 Å². The molecule has 5 nitrogen and oxygen atoms in total. The van der Waals surface area contributed by atoms with Crippen LogP contribution in [0.25, 0.3) is 16.8 Å². The van der Waals surface area contributed by atoms with Crippen molar-refractivity contribution in [2.75, 3.05) is 5.32 Å². The predicted molar refractivity (Wildman–Crippen MR) is 131 cm³/mol. The molecule has 0 radical (unpaired) electrons. The zero-order valence-electron chi connectivity index (χ0n) is 20.5. The van der Waals surface area contributed by atoms with Gasteiger partial charge in [-0.25, -0.2) is 14.5 Å². The minimum Gasteiger partial charge on any atom is -0.323 e. The Morgan fingerprint density at radius 3 is 2.11 bits per heavy atom. The van der Waals surface area contributed by atoms with Gasteiger partial charge in [0.05, 0.1) is 23.0 Å². The summed E-state index contributed by atoms with van der Waals surface area (Å²) in [7, 11) is 0. The predicted octanol–water partition coefficient (Wildman–Crippen LogP) is 8.18. The molecule has 4 aromatic rings. The fourth-order valence-electron chi connectivity index (χ4n) is 4.86. The average Bonchev–Trinajstić information content (AvgIpc) is 3.27. The van der Waals surface area contributed by atoms with Gasteiger partial charge in [0.2, 0.25) is 5.95 Å². The first kappa shape index (κ1) is 26.0. The largest absolute Gasteiger partial charge is 0.416 e. The van der Waals surface area contributed by atoms with Crippen LogP contribution < -0.4 is 5.32 Å². The van der Waals surface area contributed by atoms with E-state index in [0.29, 0.717) is 29.2 Å². The van der Waals surface area contributed by atoms with Gasteiger partial charge < -0.3 is 5.32 Å². The third-order valence-electron chi connectivity index (χ3n) is 6.87. The molecule has 200 valence electrons. The summed E-state index contributed by atoms with van der Waals surface area (Å²) >= 11 is 0. The number of halogens is 6. The molecule has 2 heterocycles. The third kappa shape index (κ3) is 5.32. The molecular weight excluding hydrogens is 508 g/mol. The van der Waals surface area contributed by atoms with E-state index in [4.69, 9.17) is 4.98 Å². The Morgan fingerprint density at radius 1 is 0.895 bits per heavy atom. The van der Waals surface area contributed by atoms with Gasteiger partial charge in [-0.2, -0.15) is 26.3 Å². The average molecular weight is 534 g/mol.